The zero-order chi connectivity index (χ0) is 19.0. The molecule has 1 aromatic carbocycles. The van der Waals surface area contributed by atoms with E-state index in [0.29, 0.717) is 30.2 Å². The molecule has 2 aromatic rings. The molecule has 1 N–H and O–H groups in total. The maximum absolute atomic E-state index is 13.0. The van der Waals surface area contributed by atoms with Gasteiger partial charge in [0.2, 0.25) is 15.9 Å². The van der Waals surface area contributed by atoms with E-state index >= 15 is 0 Å². The highest BCUT2D eigenvalue weighted by Gasteiger charge is 2.39. The molecular formula is C18H19ClN4O3S. The highest BCUT2D eigenvalue weighted by atomic mass is 35.5. The number of benzene rings is 1. The Kier molecular flexibility index (Phi) is 4.88. The summed E-state index contributed by atoms with van der Waals surface area (Å²) >= 11 is 5.85. The minimum Gasteiger partial charge on any atom is -0.309 e. The lowest BCUT2D eigenvalue weighted by Gasteiger charge is -2.23. The number of anilines is 1. The Morgan fingerprint density at radius 2 is 1.93 bits per heavy atom. The maximum Gasteiger partial charge on any atom is 0.243 e. The lowest BCUT2D eigenvalue weighted by Crippen LogP contribution is -2.43. The van der Waals surface area contributed by atoms with Crippen molar-refractivity contribution in [2.45, 2.75) is 43.0 Å². The molecule has 1 aromatic heterocycles. The van der Waals surface area contributed by atoms with Crippen molar-refractivity contribution < 1.29 is 13.2 Å². The van der Waals surface area contributed by atoms with Crippen LogP contribution < -0.4 is 5.32 Å². The fourth-order valence-electron chi connectivity index (χ4n) is 3.70. The van der Waals surface area contributed by atoms with Crippen LogP contribution in [0.2, 0.25) is 5.02 Å². The Morgan fingerprint density at radius 3 is 2.70 bits per heavy atom. The topological polar surface area (TPSA) is 92.3 Å². The smallest absolute Gasteiger partial charge is 0.243 e. The van der Waals surface area contributed by atoms with E-state index in [9.17, 15) is 13.2 Å². The van der Waals surface area contributed by atoms with Crippen LogP contribution in [-0.4, -0.2) is 41.2 Å². The minimum atomic E-state index is -3.77. The quantitative estimate of drug-likeness (QED) is 0.841. The van der Waals surface area contributed by atoms with E-state index in [0.717, 1.165) is 30.5 Å². The van der Waals surface area contributed by atoms with Crippen LogP contribution >= 0.6 is 11.6 Å². The number of aromatic nitrogens is 2. The SMILES string of the molecule is O=C(Nc1ncnc2c1CCC2)C1CCCN1S(=O)(=O)c1ccc(Cl)cc1. The van der Waals surface area contributed by atoms with Gasteiger partial charge >= 0.3 is 0 Å². The number of hydrogen-bond acceptors (Lipinski definition) is 5. The van der Waals surface area contributed by atoms with Crippen LogP contribution in [0.3, 0.4) is 0 Å². The first-order valence-corrected chi connectivity index (χ1v) is 10.7. The van der Waals surface area contributed by atoms with Crippen molar-refractivity contribution in [3.05, 3.63) is 46.9 Å². The molecule has 1 saturated heterocycles. The second kappa shape index (κ2) is 7.18. The molecule has 0 spiro atoms. The molecule has 7 nitrogen and oxygen atoms in total. The predicted octanol–water partition coefficient (Wildman–Crippen LogP) is 2.41. The van der Waals surface area contributed by atoms with Gasteiger partial charge in [-0.2, -0.15) is 4.31 Å². The third kappa shape index (κ3) is 3.44. The zero-order valence-electron chi connectivity index (χ0n) is 14.6. The fourth-order valence-corrected chi connectivity index (χ4v) is 5.48. The van der Waals surface area contributed by atoms with Gasteiger partial charge in [-0.25, -0.2) is 18.4 Å². The van der Waals surface area contributed by atoms with Gasteiger partial charge in [-0.05, 0) is 56.4 Å². The van der Waals surface area contributed by atoms with Gasteiger partial charge in [0.1, 0.15) is 18.2 Å². The van der Waals surface area contributed by atoms with Gasteiger partial charge in [-0.1, -0.05) is 11.6 Å². The van der Waals surface area contributed by atoms with Gasteiger partial charge in [0.15, 0.2) is 0 Å². The molecule has 27 heavy (non-hydrogen) atoms. The fraction of sp³-hybridized carbons (Fsp3) is 0.389. The number of nitrogens with one attached hydrogen (secondary N) is 1. The van der Waals surface area contributed by atoms with Crippen LogP contribution in [0, 0.1) is 0 Å². The number of sulfonamides is 1. The molecule has 4 rings (SSSR count). The molecule has 1 aliphatic carbocycles. The van der Waals surface area contributed by atoms with Crippen LogP contribution in [-0.2, 0) is 27.7 Å². The number of hydrogen-bond donors (Lipinski definition) is 1. The molecule has 2 aliphatic rings. The molecule has 1 atom stereocenters. The highest BCUT2D eigenvalue weighted by Crippen LogP contribution is 2.29. The number of fused-ring (bicyclic) bond motifs is 1. The van der Waals surface area contributed by atoms with Crippen LogP contribution in [0.1, 0.15) is 30.5 Å². The summed E-state index contributed by atoms with van der Waals surface area (Å²) in [5.41, 5.74) is 1.91. The molecule has 2 heterocycles. The molecule has 0 radical (unpaired) electrons. The standard InChI is InChI=1S/C18H19ClN4O3S/c19-12-6-8-13(9-7-12)27(25,26)23-10-2-5-16(23)18(24)22-17-14-3-1-4-15(14)20-11-21-17/h6-9,11,16H,1-5,10H2,(H,20,21,22,24). The summed E-state index contributed by atoms with van der Waals surface area (Å²) in [5, 5.41) is 3.29. The molecule has 1 fully saturated rings. The Balaban J connectivity index is 1.57. The summed E-state index contributed by atoms with van der Waals surface area (Å²) in [4.78, 5) is 21.4. The Hall–Kier alpha value is -2.03. The van der Waals surface area contributed by atoms with Gasteiger partial charge in [-0.15, -0.1) is 0 Å². The van der Waals surface area contributed by atoms with E-state index in [2.05, 4.69) is 15.3 Å². The number of amides is 1. The molecule has 142 valence electrons. The number of aryl methyl sites for hydroxylation is 1. The average Bonchev–Trinajstić information content (AvgIpc) is 3.32. The van der Waals surface area contributed by atoms with Crippen molar-refractivity contribution in [3.63, 3.8) is 0 Å². The Bertz CT molecular complexity index is 979. The van der Waals surface area contributed by atoms with Crippen LogP contribution in [0.15, 0.2) is 35.5 Å². The van der Waals surface area contributed by atoms with Gasteiger partial charge < -0.3 is 5.32 Å². The monoisotopic (exact) mass is 406 g/mol. The number of rotatable bonds is 4. The van der Waals surface area contributed by atoms with E-state index in [1.54, 1.807) is 0 Å². The summed E-state index contributed by atoms with van der Waals surface area (Å²) in [7, 11) is -3.77. The number of nitrogens with zero attached hydrogens (tertiary/aromatic N) is 3. The van der Waals surface area contributed by atoms with Gasteiger partial charge in [0.25, 0.3) is 0 Å². The van der Waals surface area contributed by atoms with Gasteiger partial charge in [-0.3, -0.25) is 4.79 Å². The van der Waals surface area contributed by atoms with Gasteiger partial charge in [0.05, 0.1) is 4.90 Å². The van der Waals surface area contributed by atoms with Crippen LogP contribution in [0.25, 0.3) is 0 Å². The van der Waals surface area contributed by atoms with Crippen molar-refractivity contribution >= 4 is 33.3 Å². The number of carbonyl (C=O) groups excluding carboxylic acids is 1. The Labute approximate surface area is 162 Å². The molecule has 1 unspecified atom stereocenters. The highest BCUT2D eigenvalue weighted by molar-refractivity contribution is 7.89. The lowest BCUT2D eigenvalue weighted by atomic mass is 10.2. The molecule has 1 aliphatic heterocycles. The second-order valence-corrected chi connectivity index (χ2v) is 9.05. The third-order valence-corrected chi connectivity index (χ3v) is 7.22. The summed E-state index contributed by atoms with van der Waals surface area (Å²) < 4.78 is 27.2. The summed E-state index contributed by atoms with van der Waals surface area (Å²) in [6.45, 7) is 0.310. The van der Waals surface area contributed by atoms with E-state index in [-0.39, 0.29) is 10.8 Å². The summed E-state index contributed by atoms with van der Waals surface area (Å²) in [6.07, 6.45) is 5.23. The van der Waals surface area contributed by atoms with E-state index in [4.69, 9.17) is 11.6 Å². The van der Waals surface area contributed by atoms with E-state index < -0.39 is 16.1 Å². The first-order chi connectivity index (χ1) is 13.0. The molecule has 1 amide bonds. The summed E-state index contributed by atoms with van der Waals surface area (Å²) in [5.74, 6) is 0.149. The molecule has 9 heteroatoms. The maximum atomic E-state index is 13.0. The van der Waals surface area contributed by atoms with Crippen molar-refractivity contribution in [2.24, 2.45) is 0 Å². The van der Waals surface area contributed by atoms with Crippen molar-refractivity contribution in [3.8, 4) is 0 Å². The number of carbonyl (C=O) groups is 1. The normalized spacial score (nSPS) is 19.8. The van der Waals surface area contributed by atoms with Crippen LogP contribution in [0.5, 0.6) is 0 Å². The second-order valence-electron chi connectivity index (χ2n) is 6.72. The summed E-state index contributed by atoms with van der Waals surface area (Å²) in [6, 6.07) is 5.23. The van der Waals surface area contributed by atoms with E-state index in [1.165, 1.54) is 34.9 Å². The molecular weight excluding hydrogens is 388 g/mol. The first kappa shape index (κ1) is 18.3. The van der Waals surface area contributed by atoms with Crippen molar-refractivity contribution in [1.29, 1.82) is 0 Å². The van der Waals surface area contributed by atoms with E-state index in [1.807, 2.05) is 0 Å². The lowest BCUT2D eigenvalue weighted by molar-refractivity contribution is -0.119. The Morgan fingerprint density at radius 1 is 1.15 bits per heavy atom. The zero-order valence-corrected chi connectivity index (χ0v) is 16.1. The van der Waals surface area contributed by atoms with Crippen molar-refractivity contribution in [2.75, 3.05) is 11.9 Å². The van der Waals surface area contributed by atoms with Crippen LogP contribution in [0.4, 0.5) is 5.82 Å². The minimum absolute atomic E-state index is 0.134. The van der Waals surface area contributed by atoms with Crippen molar-refractivity contribution in [1.82, 2.24) is 14.3 Å². The molecule has 0 bridgehead atoms. The van der Waals surface area contributed by atoms with Gasteiger partial charge in [0, 0.05) is 22.8 Å². The predicted molar refractivity (Wildman–Crippen MR) is 101 cm³/mol. The molecule has 0 saturated carbocycles. The number of halogens is 1. The first-order valence-electron chi connectivity index (χ1n) is 8.88. The third-order valence-electron chi connectivity index (χ3n) is 5.04. The largest absolute Gasteiger partial charge is 0.309 e. The average molecular weight is 407 g/mol.